The van der Waals surface area contributed by atoms with Crippen LogP contribution in [-0.4, -0.2) is 31.1 Å². The maximum absolute atomic E-state index is 10.8. The molecule has 0 heterocycles. The Labute approximate surface area is 86.9 Å². The first-order valence-electron chi connectivity index (χ1n) is 4.23. The number of hydrogen-bond donors (Lipinski definition) is 1. The van der Waals surface area contributed by atoms with Crippen molar-refractivity contribution in [3.8, 4) is 5.75 Å². The zero-order valence-corrected chi connectivity index (χ0v) is 8.21. The molecule has 5 nitrogen and oxygen atoms in total. The predicted octanol–water partition coefficient (Wildman–Crippen LogP) is 1.05. The highest BCUT2D eigenvalue weighted by atomic mass is 16.6. The van der Waals surface area contributed by atoms with Crippen molar-refractivity contribution in [2.45, 2.75) is 0 Å². The number of oxime groups is 1. The van der Waals surface area contributed by atoms with Crippen LogP contribution in [0, 0.1) is 0 Å². The highest BCUT2D eigenvalue weighted by Crippen LogP contribution is 2.11. The van der Waals surface area contributed by atoms with Gasteiger partial charge in [0, 0.05) is 0 Å². The Morgan fingerprint density at radius 1 is 1.60 bits per heavy atom. The van der Waals surface area contributed by atoms with Gasteiger partial charge in [0.1, 0.15) is 5.75 Å². The first kappa shape index (κ1) is 11.0. The third-order valence-corrected chi connectivity index (χ3v) is 1.65. The maximum atomic E-state index is 10.8. The summed E-state index contributed by atoms with van der Waals surface area (Å²) in [6, 6.07) is 6.80. The lowest BCUT2D eigenvalue weighted by molar-refractivity contribution is -0.142. The zero-order valence-electron chi connectivity index (χ0n) is 8.21. The number of ether oxygens (including phenoxy) is 2. The Morgan fingerprint density at radius 3 is 3.07 bits per heavy atom. The zero-order chi connectivity index (χ0) is 11.1. The molecule has 0 radical (unpaired) electrons. The molecular weight excluding hydrogens is 198 g/mol. The van der Waals surface area contributed by atoms with Gasteiger partial charge >= 0.3 is 5.97 Å². The molecule has 1 rings (SSSR count). The van der Waals surface area contributed by atoms with Gasteiger partial charge in [-0.15, -0.1) is 0 Å². The summed E-state index contributed by atoms with van der Waals surface area (Å²) in [5, 5.41) is 11.2. The summed E-state index contributed by atoms with van der Waals surface area (Å²) in [5.41, 5.74) is 0.680. The summed E-state index contributed by atoms with van der Waals surface area (Å²) in [4.78, 5) is 10.8. The minimum absolute atomic E-state index is 0.143. The second-order valence-corrected chi connectivity index (χ2v) is 2.68. The van der Waals surface area contributed by atoms with Gasteiger partial charge in [0.2, 0.25) is 0 Å². The van der Waals surface area contributed by atoms with Gasteiger partial charge in [-0.2, -0.15) is 0 Å². The highest BCUT2D eigenvalue weighted by Gasteiger charge is 2.01. The Bertz CT molecular complexity index is 362. The van der Waals surface area contributed by atoms with E-state index in [-0.39, 0.29) is 6.61 Å². The molecule has 0 bridgehead atoms. The monoisotopic (exact) mass is 209 g/mol. The SMILES string of the molecule is COC(=O)COc1cccc(C=NO)c1. The molecule has 15 heavy (non-hydrogen) atoms. The molecule has 0 spiro atoms. The molecule has 0 aliphatic heterocycles. The number of rotatable bonds is 4. The minimum atomic E-state index is -0.448. The molecule has 0 amide bonds. The fraction of sp³-hybridized carbons (Fsp3) is 0.200. The molecule has 1 aromatic rings. The van der Waals surface area contributed by atoms with Crippen molar-refractivity contribution in [3.63, 3.8) is 0 Å². The molecule has 1 N–H and O–H groups in total. The summed E-state index contributed by atoms with van der Waals surface area (Å²) in [5.74, 6) is 0.0639. The fourth-order valence-corrected chi connectivity index (χ4v) is 0.952. The second-order valence-electron chi connectivity index (χ2n) is 2.68. The summed E-state index contributed by atoms with van der Waals surface area (Å²) in [6.07, 6.45) is 1.27. The van der Waals surface area contributed by atoms with Crippen LogP contribution in [-0.2, 0) is 9.53 Å². The molecule has 0 fully saturated rings. The van der Waals surface area contributed by atoms with Gasteiger partial charge < -0.3 is 14.7 Å². The van der Waals surface area contributed by atoms with Gasteiger partial charge in [0.05, 0.1) is 13.3 Å². The molecule has 80 valence electrons. The van der Waals surface area contributed by atoms with Crippen LogP contribution in [0.1, 0.15) is 5.56 Å². The van der Waals surface area contributed by atoms with Gasteiger partial charge in [0.25, 0.3) is 0 Å². The third-order valence-electron chi connectivity index (χ3n) is 1.65. The van der Waals surface area contributed by atoms with Crippen LogP contribution in [0.25, 0.3) is 0 Å². The largest absolute Gasteiger partial charge is 0.482 e. The van der Waals surface area contributed by atoms with Crippen LogP contribution in [0.15, 0.2) is 29.4 Å². The lowest BCUT2D eigenvalue weighted by Gasteiger charge is -2.04. The second kappa shape index (κ2) is 5.64. The van der Waals surface area contributed by atoms with E-state index in [9.17, 15) is 4.79 Å². The smallest absolute Gasteiger partial charge is 0.343 e. The van der Waals surface area contributed by atoms with Crippen LogP contribution in [0.5, 0.6) is 5.75 Å². The third kappa shape index (κ3) is 3.68. The Kier molecular flexibility index (Phi) is 4.15. The van der Waals surface area contributed by atoms with Crippen LogP contribution in [0.3, 0.4) is 0 Å². The normalized spacial score (nSPS) is 10.2. The number of esters is 1. The van der Waals surface area contributed by atoms with Gasteiger partial charge in [-0.1, -0.05) is 17.3 Å². The van der Waals surface area contributed by atoms with Crippen LogP contribution >= 0.6 is 0 Å². The molecule has 0 saturated heterocycles. The molecular formula is C10H11NO4. The molecule has 0 unspecified atom stereocenters. The van der Waals surface area contributed by atoms with Gasteiger partial charge in [0.15, 0.2) is 6.61 Å². The van der Waals surface area contributed by atoms with Crippen LogP contribution in [0.4, 0.5) is 0 Å². The van der Waals surface area contributed by atoms with E-state index in [0.29, 0.717) is 11.3 Å². The highest BCUT2D eigenvalue weighted by molar-refractivity contribution is 5.79. The summed E-state index contributed by atoms with van der Waals surface area (Å²) in [7, 11) is 1.29. The van der Waals surface area contributed by atoms with Crippen molar-refractivity contribution < 1.29 is 19.5 Å². The van der Waals surface area contributed by atoms with Crippen LogP contribution in [0.2, 0.25) is 0 Å². The number of nitrogens with zero attached hydrogens (tertiary/aromatic N) is 1. The Morgan fingerprint density at radius 2 is 2.40 bits per heavy atom. The molecule has 0 aromatic heterocycles. The van der Waals surface area contributed by atoms with Gasteiger partial charge in [-0.25, -0.2) is 4.79 Å². The average Bonchev–Trinajstić information content (AvgIpc) is 2.27. The lowest BCUT2D eigenvalue weighted by Crippen LogP contribution is -2.12. The van der Waals surface area contributed by atoms with E-state index in [1.165, 1.54) is 13.3 Å². The first-order valence-corrected chi connectivity index (χ1v) is 4.23. The van der Waals surface area contributed by atoms with E-state index in [1.807, 2.05) is 0 Å². The van der Waals surface area contributed by atoms with Gasteiger partial charge in [-0.05, 0) is 17.7 Å². The standard InChI is InChI=1S/C10H11NO4/c1-14-10(12)7-15-9-4-2-3-8(5-9)6-11-13/h2-6,13H,7H2,1H3. The topological polar surface area (TPSA) is 68.1 Å². The van der Waals surface area contributed by atoms with E-state index >= 15 is 0 Å². The van der Waals surface area contributed by atoms with Crippen molar-refractivity contribution in [2.24, 2.45) is 5.16 Å². The number of hydrogen-bond acceptors (Lipinski definition) is 5. The Hall–Kier alpha value is -2.04. The maximum Gasteiger partial charge on any atom is 0.343 e. The van der Waals surface area contributed by atoms with E-state index in [2.05, 4.69) is 9.89 Å². The fourth-order valence-electron chi connectivity index (χ4n) is 0.952. The van der Waals surface area contributed by atoms with E-state index in [1.54, 1.807) is 24.3 Å². The lowest BCUT2D eigenvalue weighted by atomic mass is 10.2. The number of carbonyl (C=O) groups excluding carboxylic acids is 1. The molecule has 0 atom stereocenters. The average molecular weight is 209 g/mol. The van der Waals surface area contributed by atoms with E-state index in [0.717, 1.165) is 0 Å². The summed E-state index contributed by atoms with van der Waals surface area (Å²) < 4.78 is 9.55. The minimum Gasteiger partial charge on any atom is -0.482 e. The van der Waals surface area contributed by atoms with Crippen molar-refractivity contribution in [3.05, 3.63) is 29.8 Å². The molecule has 5 heteroatoms. The Balaban J connectivity index is 2.61. The van der Waals surface area contributed by atoms with E-state index < -0.39 is 5.97 Å². The molecule has 1 aromatic carbocycles. The molecule has 0 aliphatic carbocycles. The number of methoxy groups -OCH3 is 1. The number of benzene rings is 1. The van der Waals surface area contributed by atoms with Crippen molar-refractivity contribution in [1.29, 1.82) is 0 Å². The first-order chi connectivity index (χ1) is 7.26. The quantitative estimate of drug-likeness (QED) is 0.348. The van der Waals surface area contributed by atoms with Crippen molar-refractivity contribution >= 4 is 12.2 Å². The summed E-state index contributed by atoms with van der Waals surface area (Å²) in [6.45, 7) is -0.143. The van der Waals surface area contributed by atoms with Crippen molar-refractivity contribution in [1.82, 2.24) is 0 Å². The summed E-state index contributed by atoms with van der Waals surface area (Å²) >= 11 is 0. The molecule has 0 saturated carbocycles. The number of carbonyl (C=O) groups is 1. The van der Waals surface area contributed by atoms with Crippen molar-refractivity contribution in [2.75, 3.05) is 13.7 Å². The molecule has 0 aliphatic rings. The van der Waals surface area contributed by atoms with Gasteiger partial charge in [-0.3, -0.25) is 0 Å². The predicted molar refractivity (Wildman–Crippen MR) is 53.3 cm³/mol. The van der Waals surface area contributed by atoms with Crippen LogP contribution < -0.4 is 4.74 Å². The van der Waals surface area contributed by atoms with E-state index in [4.69, 9.17) is 9.94 Å².